The molecule has 0 saturated carbocycles. The van der Waals surface area contributed by atoms with E-state index in [1.807, 2.05) is 44.2 Å². The van der Waals surface area contributed by atoms with Crippen molar-refractivity contribution in [3.8, 4) is 11.3 Å². The van der Waals surface area contributed by atoms with Crippen molar-refractivity contribution in [3.63, 3.8) is 0 Å². The van der Waals surface area contributed by atoms with Crippen LogP contribution in [0.3, 0.4) is 0 Å². The van der Waals surface area contributed by atoms with Crippen LogP contribution in [0.4, 0.5) is 0 Å². The molecule has 0 radical (unpaired) electrons. The molecule has 0 unspecified atom stereocenters. The zero-order valence-corrected chi connectivity index (χ0v) is 21.5. The van der Waals surface area contributed by atoms with Gasteiger partial charge in [-0.3, -0.25) is 9.59 Å². The number of nitrogens with zero attached hydrogens (tertiary/aromatic N) is 6. The molecule has 198 valence electrons. The summed E-state index contributed by atoms with van der Waals surface area (Å²) in [6.45, 7) is 5.16. The fourth-order valence-corrected chi connectivity index (χ4v) is 4.41. The Labute approximate surface area is 216 Å². The highest BCUT2D eigenvalue weighted by Crippen LogP contribution is 2.22. The molecule has 3 heterocycles. The minimum Gasteiger partial charge on any atom is -0.394 e. The van der Waals surface area contributed by atoms with Gasteiger partial charge in [-0.25, -0.2) is 4.68 Å². The molecule has 0 bridgehead atoms. The zero-order valence-electron chi connectivity index (χ0n) is 21.5. The van der Waals surface area contributed by atoms with Gasteiger partial charge in [-0.05, 0) is 13.3 Å². The Morgan fingerprint density at radius 2 is 2.08 bits per heavy atom. The molecule has 4 rings (SSSR count). The maximum absolute atomic E-state index is 13.2. The lowest BCUT2D eigenvalue weighted by molar-refractivity contribution is -0.136. The lowest BCUT2D eigenvalue weighted by Crippen LogP contribution is -2.48. The number of hydrogen-bond acceptors (Lipinski definition) is 8. The molecule has 37 heavy (non-hydrogen) atoms. The number of fused-ring (bicyclic) bond motifs is 1. The molecule has 11 nitrogen and oxygen atoms in total. The molecule has 0 spiro atoms. The summed E-state index contributed by atoms with van der Waals surface area (Å²) in [6.07, 6.45) is 2.21. The third-order valence-corrected chi connectivity index (χ3v) is 6.73. The van der Waals surface area contributed by atoms with Gasteiger partial charge in [0, 0.05) is 50.7 Å². The minimum atomic E-state index is -0.404. The summed E-state index contributed by atoms with van der Waals surface area (Å²) in [5, 5.41) is 21.9. The number of rotatable bonds is 6. The van der Waals surface area contributed by atoms with Crippen LogP contribution in [0.25, 0.3) is 11.3 Å². The van der Waals surface area contributed by atoms with E-state index >= 15 is 0 Å². The van der Waals surface area contributed by atoms with Crippen molar-refractivity contribution in [3.05, 3.63) is 54.0 Å². The number of benzene rings is 1. The van der Waals surface area contributed by atoms with Gasteiger partial charge >= 0.3 is 0 Å². The van der Waals surface area contributed by atoms with Crippen molar-refractivity contribution in [1.29, 1.82) is 0 Å². The van der Waals surface area contributed by atoms with Crippen LogP contribution in [-0.4, -0.2) is 85.8 Å². The molecule has 1 aromatic carbocycles. The standard InChI is InChI=1S/C26H34N6O5/c1-18-14-31(19(2)16-33)25(34)10-7-11-32-21(13-27-29-32)17-36-24(18)15-30(3)26(35)22-12-23(37-28-22)20-8-5-4-6-9-20/h4-6,8-9,12-13,18-19,24,33H,7,10-11,14-17H2,1-3H3/t18-,19-,24-/m0/s1. The first-order valence-corrected chi connectivity index (χ1v) is 12.5. The number of aliphatic hydroxyl groups is 1. The number of ether oxygens (including phenoxy) is 1. The molecule has 0 aliphatic carbocycles. The second-order valence-corrected chi connectivity index (χ2v) is 9.58. The second kappa shape index (κ2) is 12.1. The monoisotopic (exact) mass is 510 g/mol. The first-order chi connectivity index (χ1) is 17.9. The van der Waals surface area contributed by atoms with Gasteiger partial charge in [-0.1, -0.05) is 47.6 Å². The smallest absolute Gasteiger partial charge is 0.275 e. The van der Waals surface area contributed by atoms with Crippen molar-refractivity contribution in [1.82, 2.24) is 30.0 Å². The number of carbonyl (C=O) groups is 2. The molecule has 11 heteroatoms. The van der Waals surface area contributed by atoms with E-state index in [1.54, 1.807) is 33.8 Å². The fourth-order valence-electron chi connectivity index (χ4n) is 4.41. The lowest BCUT2D eigenvalue weighted by Gasteiger charge is -2.35. The average molecular weight is 511 g/mol. The molecule has 2 aromatic heterocycles. The molecule has 1 N–H and O–H groups in total. The van der Waals surface area contributed by atoms with Crippen molar-refractivity contribution in [2.24, 2.45) is 5.92 Å². The van der Waals surface area contributed by atoms with E-state index in [9.17, 15) is 14.7 Å². The Kier molecular flexibility index (Phi) is 8.67. The Balaban J connectivity index is 1.52. The van der Waals surface area contributed by atoms with Crippen molar-refractivity contribution < 1.29 is 24.0 Å². The van der Waals surface area contributed by atoms with Crippen LogP contribution in [0.15, 0.2) is 47.1 Å². The van der Waals surface area contributed by atoms with Gasteiger partial charge in [0.15, 0.2) is 11.5 Å². The van der Waals surface area contributed by atoms with Gasteiger partial charge in [-0.15, -0.1) is 5.10 Å². The van der Waals surface area contributed by atoms with Gasteiger partial charge in [0.1, 0.15) is 0 Å². The summed E-state index contributed by atoms with van der Waals surface area (Å²) in [5.41, 5.74) is 1.85. The number of amides is 2. The Hall–Kier alpha value is -3.57. The highest BCUT2D eigenvalue weighted by Gasteiger charge is 2.30. The Bertz CT molecular complexity index is 1180. The molecule has 1 aliphatic heterocycles. The van der Waals surface area contributed by atoms with E-state index in [2.05, 4.69) is 15.5 Å². The van der Waals surface area contributed by atoms with Gasteiger partial charge in [0.05, 0.1) is 37.3 Å². The number of aromatic nitrogens is 4. The maximum atomic E-state index is 13.2. The van der Waals surface area contributed by atoms with E-state index in [4.69, 9.17) is 9.26 Å². The number of hydrogen-bond donors (Lipinski definition) is 1. The van der Waals surface area contributed by atoms with Crippen LogP contribution in [-0.2, 0) is 22.7 Å². The second-order valence-electron chi connectivity index (χ2n) is 9.58. The minimum absolute atomic E-state index is 0.0325. The summed E-state index contributed by atoms with van der Waals surface area (Å²) in [6, 6.07) is 10.8. The van der Waals surface area contributed by atoms with Gasteiger partial charge in [-0.2, -0.15) is 0 Å². The van der Waals surface area contributed by atoms with Crippen LogP contribution < -0.4 is 0 Å². The van der Waals surface area contributed by atoms with Crippen molar-refractivity contribution in [2.45, 2.75) is 52.0 Å². The SMILES string of the molecule is C[C@H]1CN([C@@H](C)CO)C(=O)CCCn2nncc2CO[C@H]1CN(C)C(=O)c1cc(-c2ccccc2)on1. The summed E-state index contributed by atoms with van der Waals surface area (Å²) >= 11 is 0. The van der Waals surface area contributed by atoms with E-state index in [0.717, 1.165) is 11.3 Å². The third kappa shape index (κ3) is 6.41. The first-order valence-electron chi connectivity index (χ1n) is 12.5. The number of aryl methyl sites for hydroxylation is 1. The van der Waals surface area contributed by atoms with E-state index in [-0.39, 0.29) is 49.2 Å². The molecule has 3 atom stereocenters. The van der Waals surface area contributed by atoms with Crippen molar-refractivity contribution >= 4 is 11.8 Å². The number of aliphatic hydroxyl groups excluding tert-OH is 1. The number of likely N-dealkylation sites (N-methyl/N-ethyl adjacent to an activating group) is 1. The third-order valence-electron chi connectivity index (χ3n) is 6.73. The molecule has 0 saturated heterocycles. The quantitative estimate of drug-likeness (QED) is 0.535. The van der Waals surface area contributed by atoms with E-state index in [0.29, 0.717) is 31.7 Å². The van der Waals surface area contributed by atoms with E-state index < -0.39 is 6.10 Å². The van der Waals surface area contributed by atoms with Crippen LogP contribution >= 0.6 is 0 Å². The summed E-state index contributed by atoms with van der Waals surface area (Å²) in [7, 11) is 1.69. The largest absolute Gasteiger partial charge is 0.394 e. The molecular formula is C26H34N6O5. The van der Waals surface area contributed by atoms with Crippen LogP contribution in [0.1, 0.15) is 42.9 Å². The van der Waals surface area contributed by atoms with Crippen molar-refractivity contribution in [2.75, 3.05) is 26.7 Å². The molecular weight excluding hydrogens is 476 g/mol. The normalized spacial score (nSPS) is 20.0. The molecule has 3 aromatic rings. The predicted octanol–water partition coefficient (Wildman–Crippen LogP) is 2.23. The maximum Gasteiger partial charge on any atom is 0.275 e. The Morgan fingerprint density at radius 1 is 1.30 bits per heavy atom. The molecule has 0 fully saturated rings. The average Bonchev–Trinajstić information content (AvgIpc) is 3.58. The lowest BCUT2D eigenvalue weighted by atomic mass is 10.0. The fraction of sp³-hybridized carbons (Fsp3) is 0.500. The number of carbonyl (C=O) groups excluding carboxylic acids is 2. The highest BCUT2D eigenvalue weighted by molar-refractivity contribution is 5.93. The summed E-state index contributed by atoms with van der Waals surface area (Å²) in [4.78, 5) is 29.5. The summed E-state index contributed by atoms with van der Waals surface area (Å²) < 4.78 is 13.5. The highest BCUT2D eigenvalue weighted by atomic mass is 16.5. The topological polar surface area (TPSA) is 127 Å². The predicted molar refractivity (Wildman–Crippen MR) is 134 cm³/mol. The van der Waals surface area contributed by atoms with Gasteiger partial charge in [0.25, 0.3) is 5.91 Å². The summed E-state index contributed by atoms with van der Waals surface area (Å²) in [5.74, 6) is 0.0566. The van der Waals surface area contributed by atoms with Crippen LogP contribution in [0.5, 0.6) is 0 Å². The van der Waals surface area contributed by atoms with Crippen LogP contribution in [0, 0.1) is 5.92 Å². The van der Waals surface area contributed by atoms with Gasteiger partial charge < -0.3 is 24.2 Å². The van der Waals surface area contributed by atoms with Gasteiger partial charge in [0.2, 0.25) is 5.91 Å². The van der Waals surface area contributed by atoms with E-state index in [1.165, 1.54) is 0 Å². The molecule has 1 aliphatic rings. The Morgan fingerprint density at radius 3 is 2.84 bits per heavy atom. The molecule has 2 amide bonds. The van der Waals surface area contributed by atoms with Crippen LogP contribution in [0.2, 0.25) is 0 Å². The zero-order chi connectivity index (χ0) is 26.4. The first kappa shape index (κ1) is 26.5.